The summed E-state index contributed by atoms with van der Waals surface area (Å²) in [5.41, 5.74) is 0.690. The van der Waals surface area contributed by atoms with Gasteiger partial charge in [-0.3, -0.25) is 4.79 Å². The molecular weight excluding hydrogens is 453 g/mol. The first-order valence-electron chi connectivity index (χ1n) is 9.39. The molecule has 3 heterocycles. The van der Waals surface area contributed by atoms with Gasteiger partial charge in [0.2, 0.25) is 0 Å². The van der Waals surface area contributed by atoms with Crippen molar-refractivity contribution >= 4 is 27.7 Å². The van der Waals surface area contributed by atoms with E-state index < -0.39 is 24.2 Å². The van der Waals surface area contributed by atoms with Gasteiger partial charge in [-0.25, -0.2) is 4.68 Å². The number of halogens is 4. The van der Waals surface area contributed by atoms with E-state index in [4.69, 9.17) is 4.74 Å². The molecule has 3 atom stereocenters. The fraction of sp³-hybridized carbons (Fsp3) is 0.474. The second kappa shape index (κ2) is 7.98. The van der Waals surface area contributed by atoms with Crippen LogP contribution in [-0.2, 0) is 4.74 Å². The summed E-state index contributed by atoms with van der Waals surface area (Å²) in [6, 6.07) is 6.14. The van der Waals surface area contributed by atoms with Crippen molar-refractivity contribution < 1.29 is 22.7 Å². The minimum atomic E-state index is -4.48. The highest BCUT2D eigenvalue weighted by molar-refractivity contribution is 9.10. The molecule has 0 saturated carbocycles. The number of nitrogens with zero attached hydrogens (tertiary/aromatic N) is 2. The average Bonchev–Trinajstić information content (AvgIpc) is 3.34. The molecule has 0 bridgehead atoms. The Labute approximate surface area is 173 Å². The molecule has 1 saturated heterocycles. The Hall–Kier alpha value is -2.07. The Morgan fingerprint density at radius 2 is 2.10 bits per heavy atom. The molecule has 1 amide bonds. The zero-order valence-corrected chi connectivity index (χ0v) is 17.0. The molecule has 0 spiro atoms. The van der Waals surface area contributed by atoms with E-state index in [-0.39, 0.29) is 24.0 Å². The lowest BCUT2D eigenvalue weighted by Crippen LogP contribution is -2.36. The van der Waals surface area contributed by atoms with Crippen molar-refractivity contribution in [2.24, 2.45) is 0 Å². The lowest BCUT2D eigenvalue weighted by atomic mass is 9.97. The van der Waals surface area contributed by atoms with E-state index in [0.717, 1.165) is 27.6 Å². The summed E-state index contributed by atoms with van der Waals surface area (Å²) in [5.74, 6) is -0.334. The number of amides is 1. The number of aromatic nitrogens is 2. The Bertz CT molecular complexity index is 879. The van der Waals surface area contributed by atoms with Gasteiger partial charge in [-0.2, -0.15) is 18.3 Å². The van der Waals surface area contributed by atoms with Crippen LogP contribution in [-0.4, -0.2) is 41.1 Å². The highest BCUT2D eigenvalue weighted by atomic mass is 79.9. The van der Waals surface area contributed by atoms with Crippen molar-refractivity contribution in [3.8, 4) is 0 Å². The second-order valence-corrected chi connectivity index (χ2v) is 8.16. The number of hydrogen-bond acceptors (Lipinski definition) is 4. The Morgan fingerprint density at radius 3 is 2.76 bits per heavy atom. The molecule has 2 aromatic rings. The number of anilines is 1. The van der Waals surface area contributed by atoms with E-state index in [1.54, 1.807) is 24.3 Å². The van der Waals surface area contributed by atoms with Crippen LogP contribution in [0.1, 0.15) is 47.4 Å². The first-order valence-corrected chi connectivity index (χ1v) is 10.2. The summed E-state index contributed by atoms with van der Waals surface area (Å²) in [4.78, 5) is 12.4. The number of benzene rings is 1. The van der Waals surface area contributed by atoms with Gasteiger partial charge in [0.05, 0.1) is 12.1 Å². The Balaban J connectivity index is 1.56. The molecule has 1 aromatic carbocycles. The molecule has 0 aliphatic carbocycles. The molecule has 1 aromatic heterocycles. The Kier molecular flexibility index (Phi) is 5.56. The Morgan fingerprint density at radius 1 is 1.34 bits per heavy atom. The molecule has 2 aliphatic heterocycles. The fourth-order valence-corrected chi connectivity index (χ4v) is 3.96. The van der Waals surface area contributed by atoms with Gasteiger partial charge in [-0.05, 0) is 30.5 Å². The second-order valence-electron chi connectivity index (χ2n) is 7.25. The van der Waals surface area contributed by atoms with Crippen molar-refractivity contribution in [2.75, 3.05) is 18.5 Å². The molecule has 1 fully saturated rings. The zero-order valence-electron chi connectivity index (χ0n) is 15.4. The van der Waals surface area contributed by atoms with Gasteiger partial charge in [0.1, 0.15) is 5.82 Å². The van der Waals surface area contributed by atoms with E-state index in [1.165, 1.54) is 6.07 Å². The normalized spacial score (nSPS) is 24.1. The molecule has 0 unspecified atom stereocenters. The molecule has 156 valence electrons. The van der Waals surface area contributed by atoms with Crippen molar-refractivity contribution in [2.45, 2.75) is 43.6 Å². The number of ether oxygens (including phenoxy) is 1. The minimum Gasteiger partial charge on any atom is -0.376 e. The zero-order chi connectivity index (χ0) is 20.6. The van der Waals surface area contributed by atoms with E-state index in [1.807, 2.05) is 0 Å². The number of fused-ring (bicyclic) bond motifs is 1. The summed E-state index contributed by atoms with van der Waals surface area (Å²) >= 11 is 3.33. The van der Waals surface area contributed by atoms with E-state index >= 15 is 0 Å². The van der Waals surface area contributed by atoms with Crippen molar-refractivity contribution in [1.29, 1.82) is 0 Å². The predicted molar refractivity (Wildman–Crippen MR) is 104 cm³/mol. The van der Waals surface area contributed by atoms with Crippen LogP contribution in [0.5, 0.6) is 0 Å². The molecule has 10 heteroatoms. The lowest BCUT2D eigenvalue weighted by molar-refractivity contribution is -0.173. The standard InChI is InChI=1S/C19H20BrF3N4O2/c20-12-5-3-11(4-6-12)14-8-16(19(21,22)23)27-17(25-14)9-15(26-27)18(28)24-10-13-2-1-7-29-13/h3-6,9,13-14,16,25H,1-2,7-8,10H2,(H,24,28)/t13-,14-,16+/m0/s1. The monoisotopic (exact) mass is 472 g/mol. The minimum absolute atomic E-state index is 0.0452. The molecule has 6 nitrogen and oxygen atoms in total. The number of carbonyl (C=O) groups is 1. The molecule has 29 heavy (non-hydrogen) atoms. The van der Waals surface area contributed by atoms with E-state index in [9.17, 15) is 18.0 Å². The fourth-order valence-electron chi connectivity index (χ4n) is 3.70. The predicted octanol–water partition coefficient (Wildman–Crippen LogP) is 4.21. The van der Waals surface area contributed by atoms with Gasteiger partial charge in [0.15, 0.2) is 11.7 Å². The van der Waals surface area contributed by atoms with Gasteiger partial charge >= 0.3 is 6.18 Å². The summed E-state index contributed by atoms with van der Waals surface area (Å²) < 4.78 is 48.3. The molecule has 4 rings (SSSR count). The summed E-state index contributed by atoms with van der Waals surface area (Å²) in [6.45, 7) is 0.979. The number of alkyl halides is 3. The van der Waals surface area contributed by atoms with Gasteiger partial charge in [0, 0.05) is 30.1 Å². The summed E-state index contributed by atoms with van der Waals surface area (Å²) in [6.07, 6.45) is -2.96. The smallest absolute Gasteiger partial charge is 0.376 e. The quantitative estimate of drug-likeness (QED) is 0.698. The third kappa shape index (κ3) is 4.42. The van der Waals surface area contributed by atoms with Crippen LogP contribution in [0, 0.1) is 0 Å². The van der Waals surface area contributed by atoms with Crippen LogP contribution in [0.4, 0.5) is 19.0 Å². The number of carbonyl (C=O) groups excluding carboxylic acids is 1. The molecule has 2 N–H and O–H groups in total. The van der Waals surface area contributed by atoms with Crippen LogP contribution in [0.15, 0.2) is 34.8 Å². The molecule has 2 aliphatic rings. The molecule has 0 radical (unpaired) electrons. The van der Waals surface area contributed by atoms with Crippen molar-refractivity contribution in [3.63, 3.8) is 0 Å². The maximum absolute atomic E-state index is 13.7. The largest absolute Gasteiger partial charge is 0.410 e. The molecular formula is C19H20BrF3N4O2. The maximum atomic E-state index is 13.7. The SMILES string of the molecule is O=C(NC[C@@H]1CCCO1)c1cc2n(n1)[C@@H](C(F)(F)F)C[C@@H](c1ccc(Br)cc1)N2. The highest BCUT2D eigenvalue weighted by Gasteiger charge is 2.46. The topological polar surface area (TPSA) is 68.2 Å². The van der Waals surface area contributed by atoms with Crippen LogP contribution in [0.3, 0.4) is 0 Å². The maximum Gasteiger partial charge on any atom is 0.410 e. The van der Waals surface area contributed by atoms with Crippen LogP contribution >= 0.6 is 15.9 Å². The summed E-state index contributed by atoms with van der Waals surface area (Å²) in [5, 5.41) is 9.75. The van der Waals surface area contributed by atoms with Gasteiger partial charge in [-0.15, -0.1) is 0 Å². The first-order chi connectivity index (χ1) is 13.8. The number of nitrogens with one attached hydrogen (secondary N) is 2. The van der Waals surface area contributed by atoms with E-state index in [0.29, 0.717) is 13.2 Å². The van der Waals surface area contributed by atoms with Crippen LogP contribution in [0.25, 0.3) is 0 Å². The number of hydrogen-bond donors (Lipinski definition) is 2. The highest BCUT2D eigenvalue weighted by Crippen LogP contribution is 2.43. The number of rotatable bonds is 4. The van der Waals surface area contributed by atoms with Crippen molar-refractivity contribution in [3.05, 3.63) is 46.1 Å². The van der Waals surface area contributed by atoms with E-state index in [2.05, 4.69) is 31.7 Å². The average molecular weight is 473 g/mol. The lowest BCUT2D eigenvalue weighted by Gasteiger charge is -2.33. The van der Waals surface area contributed by atoms with Crippen molar-refractivity contribution in [1.82, 2.24) is 15.1 Å². The van der Waals surface area contributed by atoms with Gasteiger partial charge < -0.3 is 15.4 Å². The van der Waals surface area contributed by atoms with Gasteiger partial charge in [-0.1, -0.05) is 28.1 Å². The third-order valence-corrected chi connectivity index (χ3v) is 5.74. The summed E-state index contributed by atoms with van der Waals surface area (Å²) in [7, 11) is 0. The van der Waals surface area contributed by atoms with Crippen LogP contribution in [0.2, 0.25) is 0 Å². The first kappa shape index (κ1) is 20.2. The van der Waals surface area contributed by atoms with Gasteiger partial charge in [0.25, 0.3) is 5.91 Å². The van der Waals surface area contributed by atoms with Crippen LogP contribution < -0.4 is 10.6 Å². The third-order valence-electron chi connectivity index (χ3n) is 5.21.